The first-order valence-electron chi connectivity index (χ1n) is 3.97. The average molecular weight is 354 g/mol. The third-order valence-electron chi connectivity index (χ3n) is 1.62. The Morgan fingerprint density at radius 3 is 2.69 bits per heavy atom. The number of anilines is 1. The molecule has 0 fully saturated rings. The highest BCUT2D eigenvalue weighted by molar-refractivity contribution is 9.11. The van der Waals surface area contributed by atoms with E-state index in [4.69, 9.17) is 5.26 Å². The van der Waals surface area contributed by atoms with Gasteiger partial charge in [0, 0.05) is 0 Å². The molecule has 0 aromatic heterocycles. The lowest BCUT2D eigenvalue weighted by Gasteiger charge is -2.09. The molecule has 1 aromatic rings. The minimum Gasteiger partial charge on any atom is -0.322 e. The summed E-state index contributed by atoms with van der Waals surface area (Å²) in [6.07, 6.45) is -0.427. The van der Waals surface area contributed by atoms with Crippen molar-refractivity contribution in [3.05, 3.63) is 26.6 Å². The van der Waals surface area contributed by atoms with Crippen molar-refractivity contribution in [3.8, 4) is 6.07 Å². The van der Waals surface area contributed by atoms with E-state index in [9.17, 15) is 13.6 Å². The van der Waals surface area contributed by atoms with Crippen molar-refractivity contribution in [2.45, 2.75) is 6.42 Å². The first-order chi connectivity index (χ1) is 7.47. The van der Waals surface area contributed by atoms with Crippen molar-refractivity contribution in [2.24, 2.45) is 0 Å². The van der Waals surface area contributed by atoms with Crippen LogP contribution in [0, 0.1) is 23.0 Å². The monoisotopic (exact) mass is 352 g/mol. The van der Waals surface area contributed by atoms with Crippen LogP contribution in [-0.4, -0.2) is 5.91 Å². The van der Waals surface area contributed by atoms with Gasteiger partial charge in [-0.15, -0.1) is 0 Å². The van der Waals surface area contributed by atoms with Crippen molar-refractivity contribution in [3.63, 3.8) is 0 Å². The van der Waals surface area contributed by atoms with Crippen LogP contribution >= 0.6 is 31.9 Å². The molecule has 16 heavy (non-hydrogen) atoms. The van der Waals surface area contributed by atoms with Crippen LogP contribution in [0.5, 0.6) is 0 Å². The molecule has 0 unspecified atom stereocenters. The number of carbonyl (C=O) groups is 1. The van der Waals surface area contributed by atoms with Gasteiger partial charge in [-0.1, -0.05) is 0 Å². The summed E-state index contributed by atoms with van der Waals surface area (Å²) in [4.78, 5) is 11.1. The Labute approximate surface area is 107 Å². The molecule has 84 valence electrons. The molecule has 0 saturated carbocycles. The van der Waals surface area contributed by atoms with Crippen LogP contribution in [0.25, 0.3) is 0 Å². The number of nitrogens with one attached hydrogen (secondary N) is 1. The van der Waals surface area contributed by atoms with E-state index < -0.39 is 24.0 Å². The van der Waals surface area contributed by atoms with Crippen molar-refractivity contribution in [2.75, 3.05) is 5.32 Å². The summed E-state index contributed by atoms with van der Waals surface area (Å²) >= 11 is 5.64. The van der Waals surface area contributed by atoms with Gasteiger partial charge in [-0.2, -0.15) is 5.26 Å². The fraction of sp³-hybridized carbons (Fsp3) is 0.111. The summed E-state index contributed by atoms with van der Waals surface area (Å²) in [5.41, 5.74) is -0.319. The smallest absolute Gasteiger partial charge is 0.238 e. The minimum atomic E-state index is -0.800. The summed E-state index contributed by atoms with van der Waals surface area (Å²) in [6, 6.07) is 2.49. The molecule has 0 aliphatic carbocycles. The maximum absolute atomic E-state index is 13.4. The highest BCUT2D eigenvalue weighted by Gasteiger charge is 2.17. The number of nitriles is 1. The molecular formula is C9H4Br2F2N2O. The SMILES string of the molecule is N#CCC(=O)Nc1c(F)cc(Br)c(F)c1Br. The average Bonchev–Trinajstić information content (AvgIpc) is 2.22. The maximum Gasteiger partial charge on any atom is 0.238 e. The maximum atomic E-state index is 13.4. The summed E-state index contributed by atoms with van der Waals surface area (Å²) in [7, 11) is 0. The molecule has 7 heteroatoms. The minimum absolute atomic E-state index is 0.0600. The molecule has 0 bridgehead atoms. The molecule has 1 aromatic carbocycles. The van der Waals surface area contributed by atoms with Crippen LogP contribution in [0.3, 0.4) is 0 Å². The van der Waals surface area contributed by atoms with Crippen molar-refractivity contribution < 1.29 is 13.6 Å². The number of hydrogen-bond donors (Lipinski definition) is 1. The predicted molar refractivity (Wildman–Crippen MR) is 60.6 cm³/mol. The first-order valence-corrected chi connectivity index (χ1v) is 5.55. The molecular weight excluding hydrogens is 350 g/mol. The number of carbonyl (C=O) groups excluding carboxylic acids is 1. The Hall–Kier alpha value is -1.00. The van der Waals surface area contributed by atoms with E-state index in [1.54, 1.807) is 6.07 Å². The van der Waals surface area contributed by atoms with E-state index in [2.05, 4.69) is 37.2 Å². The fourth-order valence-electron chi connectivity index (χ4n) is 0.936. The number of nitrogens with zero attached hydrogens (tertiary/aromatic N) is 1. The van der Waals surface area contributed by atoms with E-state index in [1.807, 2.05) is 0 Å². The second-order valence-corrected chi connectivity index (χ2v) is 4.37. The first kappa shape index (κ1) is 13.1. The highest BCUT2D eigenvalue weighted by Crippen LogP contribution is 2.33. The van der Waals surface area contributed by atoms with E-state index in [0.29, 0.717) is 0 Å². The molecule has 0 aliphatic heterocycles. The lowest BCUT2D eigenvalue weighted by molar-refractivity contribution is -0.115. The third-order valence-corrected chi connectivity index (χ3v) is 2.94. The van der Waals surface area contributed by atoms with Gasteiger partial charge in [-0.25, -0.2) is 8.78 Å². The number of rotatable bonds is 2. The topological polar surface area (TPSA) is 52.9 Å². The zero-order valence-corrected chi connectivity index (χ0v) is 10.8. The van der Waals surface area contributed by atoms with Gasteiger partial charge in [-0.05, 0) is 37.9 Å². The number of halogens is 4. The molecule has 0 atom stereocenters. The van der Waals surface area contributed by atoms with Gasteiger partial charge in [0.25, 0.3) is 0 Å². The van der Waals surface area contributed by atoms with Crippen molar-refractivity contribution in [1.29, 1.82) is 5.26 Å². The number of amides is 1. The van der Waals surface area contributed by atoms with E-state index in [0.717, 1.165) is 6.07 Å². The van der Waals surface area contributed by atoms with Gasteiger partial charge in [0.1, 0.15) is 12.2 Å². The Bertz CT molecular complexity index is 485. The van der Waals surface area contributed by atoms with Gasteiger partial charge in [0.2, 0.25) is 5.91 Å². The van der Waals surface area contributed by atoms with Crippen molar-refractivity contribution >= 4 is 43.5 Å². The molecule has 0 spiro atoms. The molecule has 0 aliphatic rings. The molecule has 0 saturated heterocycles. The summed E-state index contributed by atoms with van der Waals surface area (Å²) < 4.78 is 26.4. The zero-order valence-electron chi connectivity index (χ0n) is 7.65. The lowest BCUT2D eigenvalue weighted by atomic mass is 10.3. The summed E-state index contributed by atoms with van der Waals surface area (Å²) in [6.45, 7) is 0. The Morgan fingerprint density at radius 1 is 1.50 bits per heavy atom. The molecule has 1 amide bonds. The number of hydrogen-bond acceptors (Lipinski definition) is 2. The molecule has 0 heterocycles. The lowest BCUT2D eigenvalue weighted by Crippen LogP contribution is -2.12. The second-order valence-electron chi connectivity index (χ2n) is 2.73. The molecule has 3 nitrogen and oxygen atoms in total. The third kappa shape index (κ3) is 2.77. The van der Waals surface area contributed by atoms with Gasteiger partial charge >= 0.3 is 0 Å². The van der Waals surface area contributed by atoms with Gasteiger partial charge in [0.15, 0.2) is 5.82 Å². The Balaban J connectivity index is 3.11. The van der Waals surface area contributed by atoms with Crippen LogP contribution < -0.4 is 5.32 Å². The van der Waals surface area contributed by atoms with Gasteiger partial charge < -0.3 is 5.32 Å². The van der Waals surface area contributed by atoms with Crippen LogP contribution in [0.4, 0.5) is 14.5 Å². The quantitative estimate of drug-likeness (QED) is 0.654. The van der Waals surface area contributed by atoms with Crippen molar-refractivity contribution in [1.82, 2.24) is 0 Å². The summed E-state index contributed by atoms with van der Waals surface area (Å²) in [5, 5.41) is 10.4. The van der Waals surface area contributed by atoms with Crippen LogP contribution in [-0.2, 0) is 4.79 Å². The normalized spacial score (nSPS) is 9.69. The largest absolute Gasteiger partial charge is 0.322 e. The van der Waals surface area contributed by atoms with Gasteiger partial charge in [0.05, 0.1) is 20.7 Å². The van der Waals surface area contributed by atoms with Crippen LogP contribution in [0.1, 0.15) is 6.42 Å². The van der Waals surface area contributed by atoms with Crippen LogP contribution in [0.15, 0.2) is 15.0 Å². The van der Waals surface area contributed by atoms with Gasteiger partial charge in [-0.3, -0.25) is 4.79 Å². The predicted octanol–water partition coefficient (Wildman–Crippen LogP) is 3.34. The highest BCUT2D eigenvalue weighted by atomic mass is 79.9. The molecule has 0 radical (unpaired) electrons. The van der Waals surface area contributed by atoms with Crippen LogP contribution in [0.2, 0.25) is 0 Å². The summed E-state index contributed by atoms with van der Waals surface area (Å²) in [5.74, 6) is -2.23. The number of benzene rings is 1. The van der Waals surface area contributed by atoms with E-state index in [1.165, 1.54) is 0 Å². The zero-order chi connectivity index (χ0) is 12.3. The van der Waals surface area contributed by atoms with E-state index in [-0.39, 0.29) is 14.6 Å². The Kier molecular flexibility index (Phi) is 4.38. The second kappa shape index (κ2) is 5.37. The fourth-order valence-corrected chi connectivity index (χ4v) is 2.10. The molecule has 1 N–H and O–H groups in total. The van der Waals surface area contributed by atoms with E-state index >= 15 is 0 Å². The Morgan fingerprint density at radius 2 is 2.12 bits per heavy atom. The standard InChI is InChI=1S/C9H4Br2F2N2O/c10-4-3-5(12)9(7(11)8(4)13)15-6(16)1-2-14/h3H,1H2,(H,15,16). The molecule has 1 rings (SSSR count).